The minimum Gasteiger partial charge on any atom is -0.481 e. The zero-order valence-electron chi connectivity index (χ0n) is 12.2. The molecule has 1 N–H and O–H groups in total. The van der Waals surface area contributed by atoms with Gasteiger partial charge in [-0.15, -0.1) is 0 Å². The van der Waals surface area contributed by atoms with Gasteiger partial charge in [0.25, 0.3) is 0 Å². The van der Waals surface area contributed by atoms with Crippen LogP contribution in [0.1, 0.15) is 33.1 Å². The fourth-order valence-electron chi connectivity index (χ4n) is 2.61. The van der Waals surface area contributed by atoms with Gasteiger partial charge in [-0.2, -0.15) is 0 Å². The Bertz CT molecular complexity index is 368. The Morgan fingerprint density at radius 1 is 1.40 bits per heavy atom. The van der Waals surface area contributed by atoms with Gasteiger partial charge in [-0.3, -0.25) is 4.79 Å². The summed E-state index contributed by atoms with van der Waals surface area (Å²) in [4.78, 5) is 27.2. The minimum atomic E-state index is -0.889. The number of carboxylic acids is 1. The van der Waals surface area contributed by atoms with Crippen LogP contribution < -0.4 is 0 Å². The highest BCUT2D eigenvalue weighted by Gasteiger charge is 2.38. The van der Waals surface area contributed by atoms with Crippen molar-refractivity contribution in [2.45, 2.75) is 45.2 Å². The third-order valence-corrected chi connectivity index (χ3v) is 3.68. The van der Waals surface area contributed by atoms with Crippen LogP contribution in [-0.4, -0.2) is 65.3 Å². The number of aliphatic carboxylic acids is 1. The molecule has 114 valence electrons. The lowest BCUT2D eigenvalue weighted by Crippen LogP contribution is -2.55. The summed E-state index contributed by atoms with van der Waals surface area (Å²) in [6.45, 7) is 6.21. The SMILES string of the molecule is CC(C)CN(C(=O)N1CCOCC1CC(=O)O)C1CC1. The fraction of sp³-hybridized carbons (Fsp3) is 0.857. The Labute approximate surface area is 119 Å². The number of hydrogen-bond donors (Lipinski definition) is 1. The molecule has 1 atom stereocenters. The van der Waals surface area contributed by atoms with Crippen molar-refractivity contribution in [2.75, 3.05) is 26.3 Å². The van der Waals surface area contributed by atoms with Gasteiger partial charge < -0.3 is 19.6 Å². The highest BCUT2D eigenvalue weighted by molar-refractivity contribution is 5.77. The zero-order valence-corrected chi connectivity index (χ0v) is 12.2. The zero-order chi connectivity index (χ0) is 14.7. The molecule has 0 aromatic carbocycles. The molecule has 2 rings (SSSR count). The van der Waals surface area contributed by atoms with Gasteiger partial charge in [-0.05, 0) is 18.8 Å². The standard InChI is InChI=1S/C14H24N2O4/c1-10(2)8-16(11-3-4-11)14(19)15-5-6-20-9-12(15)7-13(17)18/h10-12H,3-9H2,1-2H3,(H,17,18). The maximum Gasteiger partial charge on any atom is 0.320 e. The quantitative estimate of drug-likeness (QED) is 0.828. The van der Waals surface area contributed by atoms with Gasteiger partial charge in [0.05, 0.1) is 25.7 Å². The van der Waals surface area contributed by atoms with E-state index in [9.17, 15) is 9.59 Å². The number of hydrogen-bond acceptors (Lipinski definition) is 3. The van der Waals surface area contributed by atoms with Crippen LogP contribution in [0.5, 0.6) is 0 Å². The summed E-state index contributed by atoms with van der Waals surface area (Å²) < 4.78 is 5.32. The van der Waals surface area contributed by atoms with E-state index in [0.717, 1.165) is 19.4 Å². The van der Waals surface area contributed by atoms with Crippen LogP contribution in [0.25, 0.3) is 0 Å². The number of ether oxygens (including phenoxy) is 1. The predicted octanol–water partition coefficient (Wildman–Crippen LogP) is 1.40. The van der Waals surface area contributed by atoms with Gasteiger partial charge in [-0.1, -0.05) is 13.8 Å². The van der Waals surface area contributed by atoms with E-state index < -0.39 is 5.97 Å². The van der Waals surface area contributed by atoms with Crippen LogP contribution in [0.15, 0.2) is 0 Å². The molecule has 1 saturated carbocycles. The molecule has 0 radical (unpaired) electrons. The Hall–Kier alpha value is -1.30. The molecule has 2 fully saturated rings. The van der Waals surface area contributed by atoms with E-state index in [1.165, 1.54) is 0 Å². The third kappa shape index (κ3) is 3.85. The van der Waals surface area contributed by atoms with Crippen molar-refractivity contribution in [2.24, 2.45) is 5.92 Å². The van der Waals surface area contributed by atoms with Crippen molar-refractivity contribution < 1.29 is 19.4 Å². The minimum absolute atomic E-state index is 0.0178. The maximum atomic E-state index is 12.7. The van der Waals surface area contributed by atoms with Gasteiger partial charge in [-0.25, -0.2) is 4.79 Å². The van der Waals surface area contributed by atoms with Crippen molar-refractivity contribution in [1.82, 2.24) is 9.80 Å². The topological polar surface area (TPSA) is 70.1 Å². The normalized spacial score (nSPS) is 22.9. The second-order valence-electron chi connectivity index (χ2n) is 6.08. The largest absolute Gasteiger partial charge is 0.481 e. The molecule has 1 aliphatic heterocycles. The lowest BCUT2D eigenvalue weighted by molar-refractivity contribution is -0.139. The summed E-state index contributed by atoms with van der Waals surface area (Å²) in [7, 11) is 0. The summed E-state index contributed by atoms with van der Waals surface area (Å²) in [5, 5.41) is 8.96. The molecule has 2 aliphatic rings. The molecule has 0 aromatic heterocycles. The molecule has 1 heterocycles. The number of carbonyl (C=O) groups is 2. The summed E-state index contributed by atoms with van der Waals surface area (Å²) in [6.07, 6.45) is 2.07. The monoisotopic (exact) mass is 284 g/mol. The second-order valence-corrected chi connectivity index (χ2v) is 6.08. The number of nitrogens with zero attached hydrogens (tertiary/aromatic N) is 2. The average molecular weight is 284 g/mol. The van der Waals surface area contributed by atoms with Gasteiger partial charge in [0.15, 0.2) is 0 Å². The second kappa shape index (κ2) is 6.43. The van der Waals surface area contributed by atoms with E-state index >= 15 is 0 Å². The first-order chi connectivity index (χ1) is 9.49. The maximum absolute atomic E-state index is 12.7. The molecule has 20 heavy (non-hydrogen) atoms. The first-order valence-corrected chi connectivity index (χ1v) is 7.35. The number of urea groups is 1. The summed E-state index contributed by atoms with van der Waals surface area (Å²) in [5.74, 6) is -0.473. The molecule has 0 bridgehead atoms. The number of carboxylic acid groups (broad SMARTS) is 1. The van der Waals surface area contributed by atoms with Crippen molar-refractivity contribution >= 4 is 12.0 Å². The van der Waals surface area contributed by atoms with Gasteiger partial charge in [0.1, 0.15) is 0 Å². The molecular formula is C14H24N2O4. The van der Waals surface area contributed by atoms with Gasteiger partial charge in [0.2, 0.25) is 0 Å². The van der Waals surface area contributed by atoms with Crippen LogP contribution in [0, 0.1) is 5.92 Å². The lowest BCUT2D eigenvalue weighted by Gasteiger charge is -2.39. The Kier molecular flexibility index (Phi) is 4.86. The first-order valence-electron chi connectivity index (χ1n) is 7.35. The molecule has 0 spiro atoms. The average Bonchev–Trinajstić information content (AvgIpc) is 3.19. The molecule has 1 aliphatic carbocycles. The van der Waals surface area contributed by atoms with Gasteiger partial charge in [0, 0.05) is 19.1 Å². The van der Waals surface area contributed by atoms with Crippen molar-refractivity contribution in [3.63, 3.8) is 0 Å². The summed E-state index contributed by atoms with van der Waals surface area (Å²) >= 11 is 0. The van der Waals surface area contributed by atoms with E-state index in [4.69, 9.17) is 9.84 Å². The van der Waals surface area contributed by atoms with E-state index in [-0.39, 0.29) is 18.5 Å². The van der Waals surface area contributed by atoms with Crippen LogP contribution in [0.3, 0.4) is 0 Å². The predicted molar refractivity (Wildman–Crippen MR) is 73.5 cm³/mol. The van der Waals surface area contributed by atoms with E-state index in [1.54, 1.807) is 4.90 Å². The number of amides is 2. The molecule has 6 nitrogen and oxygen atoms in total. The fourth-order valence-corrected chi connectivity index (χ4v) is 2.61. The van der Waals surface area contributed by atoms with Crippen LogP contribution in [-0.2, 0) is 9.53 Å². The number of rotatable bonds is 5. The smallest absolute Gasteiger partial charge is 0.320 e. The van der Waals surface area contributed by atoms with Crippen molar-refractivity contribution in [1.29, 1.82) is 0 Å². The summed E-state index contributed by atoms with van der Waals surface area (Å²) in [6, 6.07) is -0.0175. The lowest BCUT2D eigenvalue weighted by atomic mass is 10.1. The number of morpholine rings is 1. The molecular weight excluding hydrogens is 260 g/mol. The van der Waals surface area contributed by atoms with Crippen LogP contribution in [0.4, 0.5) is 4.79 Å². The highest BCUT2D eigenvalue weighted by atomic mass is 16.5. The van der Waals surface area contributed by atoms with Gasteiger partial charge >= 0.3 is 12.0 Å². The molecule has 0 aromatic rings. The first kappa shape index (κ1) is 15.1. The molecule has 1 unspecified atom stereocenters. The van der Waals surface area contributed by atoms with Crippen molar-refractivity contribution in [3.8, 4) is 0 Å². The Morgan fingerprint density at radius 3 is 2.65 bits per heavy atom. The van der Waals surface area contributed by atoms with Crippen LogP contribution >= 0.6 is 0 Å². The third-order valence-electron chi connectivity index (χ3n) is 3.68. The Morgan fingerprint density at radius 2 is 2.10 bits per heavy atom. The highest BCUT2D eigenvalue weighted by Crippen LogP contribution is 2.29. The molecule has 2 amide bonds. The number of carbonyl (C=O) groups excluding carboxylic acids is 1. The molecule has 1 saturated heterocycles. The Balaban J connectivity index is 2.04. The summed E-state index contributed by atoms with van der Waals surface area (Å²) in [5.41, 5.74) is 0. The molecule has 6 heteroatoms. The van der Waals surface area contributed by atoms with Crippen LogP contribution in [0.2, 0.25) is 0 Å². The van der Waals surface area contributed by atoms with Crippen molar-refractivity contribution in [3.05, 3.63) is 0 Å². The van der Waals surface area contributed by atoms with E-state index in [0.29, 0.717) is 31.7 Å². The van der Waals surface area contributed by atoms with E-state index in [1.807, 2.05) is 4.90 Å². The van der Waals surface area contributed by atoms with E-state index in [2.05, 4.69) is 13.8 Å².